The fraction of sp³-hybridized carbons (Fsp3) is 0.385. The number of carboxylic acid groups (broad SMARTS) is 1. The molecule has 0 aromatic heterocycles. The fourth-order valence-corrected chi connectivity index (χ4v) is 1.61. The Balaban J connectivity index is 2.93. The second kappa shape index (κ2) is 7.53. The van der Waals surface area contributed by atoms with Crippen molar-refractivity contribution in [1.82, 2.24) is 4.90 Å². The Hall–Kier alpha value is -2.22. The van der Waals surface area contributed by atoms with Crippen molar-refractivity contribution in [3.05, 3.63) is 29.3 Å². The summed E-state index contributed by atoms with van der Waals surface area (Å²) in [4.78, 5) is 24.1. The molecule has 0 bridgehead atoms. The summed E-state index contributed by atoms with van der Waals surface area (Å²) in [5.74, 6) is -3.80. The maximum absolute atomic E-state index is 13.6. The van der Waals surface area contributed by atoms with Gasteiger partial charge in [0, 0.05) is 26.3 Å². The molecule has 0 aliphatic heterocycles. The van der Waals surface area contributed by atoms with Crippen molar-refractivity contribution in [2.24, 2.45) is 0 Å². The van der Waals surface area contributed by atoms with Crippen LogP contribution >= 0.6 is 0 Å². The molecule has 0 unspecified atom stereocenters. The van der Waals surface area contributed by atoms with E-state index < -0.39 is 34.9 Å². The number of amides is 2. The number of carboxylic acids is 1. The Bertz CT molecular complexity index is 537. The number of rotatable bonds is 6. The van der Waals surface area contributed by atoms with Crippen molar-refractivity contribution >= 4 is 17.7 Å². The number of hydrogen-bond donors (Lipinski definition) is 2. The van der Waals surface area contributed by atoms with Crippen LogP contribution in [0.2, 0.25) is 0 Å². The average molecular weight is 302 g/mol. The van der Waals surface area contributed by atoms with E-state index in [2.05, 4.69) is 5.32 Å². The van der Waals surface area contributed by atoms with Gasteiger partial charge in [0.05, 0.1) is 17.9 Å². The van der Waals surface area contributed by atoms with Gasteiger partial charge >= 0.3 is 12.0 Å². The highest BCUT2D eigenvalue weighted by molar-refractivity contribution is 5.93. The van der Waals surface area contributed by atoms with Crippen LogP contribution in [0.5, 0.6) is 0 Å². The van der Waals surface area contributed by atoms with Crippen LogP contribution in [-0.4, -0.2) is 48.8 Å². The SMILES string of the molecule is CCN(CCOC)C(=O)Nc1cc(C(=O)O)c(F)cc1F. The number of nitrogens with zero attached hydrogens (tertiary/aromatic N) is 1. The summed E-state index contributed by atoms with van der Waals surface area (Å²) in [7, 11) is 1.48. The summed E-state index contributed by atoms with van der Waals surface area (Å²) < 4.78 is 31.7. The largest absolute Gasteiger partial charge is 0.478 e. The van der Waals surface area contributed by atoms with Gasteiger partial charge in [0.2, 0.25) is 0 Å². The van der Waals surface area contributed by atoms with Gasteiger partial charge in [0.15, 0.2) is 0 Å². The molecule has 0 saturated carbocycles. The van der Waals surface area contributed by atoms with Crippen LogP contribution in [0.1, 0.15) is 17.3 Å². The number of benzene rings is 1. The van der Waals surface area contributed by atoms with Gasteiger partial charge in [-0.2, -0.15) is 0 Å². The van der Waals surface area contributed by atoms with E-state index in [1.807, 2.05) is 0 Å². The molecule has 0 aliphatic rings. The lowest BCUT2D eigenvalue weighted by Gasteiger charge is -2.21. The van der Waals surface area contributed by atoms with E-state index in [1.54, 1.807) is 6.92 Å². The number of carbonyl (C=O) groups excluding carboxylic acids is 1. The molecule has 6 nitrogen and oxygen atoms in total. The predicted molar refractivity (Wildman–Crippen MR) is 71.5 cm³/mol. The predicted octanol–water partition coefficient (Wildman–Crippen LogP) is 2.16. The second-order valence-electron chi connectivity index (χ2n) is 4.12. The van der Waals surface area contributed by atoms with Crippen LogP contribution in [0, 0.1) is 11.6 Å². The smallest absolute Gasteiger partial charge is 0.338 e. The summed E-state index contributed by atoms with van der Waals surface area (Å²) >= 11 is 0. The molecule has 2 N–H and O–H groups in total. The Morgan fingerprint density at radius 1 is 1.33 bits per heavy atom. The van der Waals surface area contributed by atoms with Gasteiger partial charge in [-0.25, -0.2) is 18.4 Å². The number of likely N-dealkylation sites (N-methyl/N-ethyl adjacent to an activating group) is 1. The average Bonchev–Trinajstić information content (AvgIpc) is 2.42. The molecule has 0 saturated heterocycles. The molecule has 0 spiro atoms. The molecule has 0 atom stereocenters. The lowest BCUT2D eigenvalue weighted by molar-refractivity contribution is 0.0691. The number of hydrogen-bond acceptors (Lipinski definition) is 3. The molecule has 1 aromatic rings. The number of ether oxygens (including phenoxy) is 1. The summed E-state index contributed by atoms with van der Waals surface area (Å²) in [6.07, 6.45) is 0. The molecule has 21 heavy (non-hydrogen) atoms. The van der Waals surface area contributed by atoms with E-state index in [9.17, 15) is 18.4 Å². The van der Waals surface area contributed by atoms with Crippen molar-refractivity contribution in [2.75, 3.05) is 32.1 Å². The standard InChI is InChI=1S/C13H16F2N2O4/c1-3-17(4-5-21-2)13(20)16-11-6-8(12(18)19)9(14)7-10(11)15/h6-7H,3-5H2,1-2H3,(H,16,20)(H,18,19). The van der Waals surface area contributed by atoms with E-state index >= 15 is 0 Å². The van der Waals surface area contributed by atoms with Crippen molar-refractivity contribution in [2.45, 2.75) is 6.92 Å². The van der Waals surface area contributed by atoms with Gasteiger partial charge in [0.25, 0.3) is 0 Å². The zero-order valence-corrected chi connectivity index (χ0v) is 11.7. The quantitative estimate of drug-likeness (QED) is 0.844. The molecule has 0 aliphatic carbocycles. The maximum Gasteiger partial charge on any atom is 0.338 e. The number of anilines is 1. The Morgan fingerprint density at radius 3 is 2.52 bits per heavy atom. The zero-order chi connectivity index (χ0) is 16.0. The zero-order valence-electron chi connectivity index (χ0n) is 11.7. The van der Waals surface area contributed by atoms with Gasteiger partial charge < -0.3 is 20.1 Å². The van der Waals surface area contributed by atoms with Crippen molar-refractivity contribution in [3.63, 3.8) is 0 Å². The highest BCUT2D eigenvalue weighted by atomic mass is 19.1. The number of nitrogens with one attached hydrogen (secondary N) is 1. The number of methoxy groups -OCH3 is 1. The molecule has 116 valence electrons. The van der Waals surface area contributed by atoms with Gasteiger partial charge in [-0.3, -0.25) is 0 Å². The summed E-state index contributed by atoms with van der Waals surface area (Å²) in [6, 6.07) is 0.538. The number of halogens is 2. The fourth-order valence-electron chi connectivity index (χ4n) is 1.61. The number of aromatic carboxylic acids is 1. The van der Waals surface area contributed by atoms with Crippen LogP contribution in [-0.2, 0) is 4.74 Å². The molecule has 0 radical (unpaired) electrons. The first-order valence-corrected chi connectivity index (χ1v) is 6.17. The third-order valence-electron chi connectivity index (χ3n) is 2.76. The Morgan fingerprint density at radius 2 is 2.00 bits per heavy atom. The minimum absolute atomic E-state index is 0.285. The Labute approximate surface area is 120 Å². The lowest BCUT2D eigenvalue weighted by atomic mass is 10.2. The van der Waals surface area contributed by atoms with Crippen LogP contribution in [0.4, 0.5) is 19.3 Å². The Kier molecular flexibility index (Phi) is 6.04. The molecule has 0 fully saturated rings. The molecular weight excluding hydrogens is 286 g/mol. The summed E-state index contributed by atoms with van der Waals surface area (Å²) in [6.45, 7) is 2.66. The maximum atomic E-state index is 13.6. The van der Waals surface area contributed by atoms with Gasteiger partial charge in [0.1, 0.15) is 11.6 Å². The minimum atomic E-state index is -1.55. The molecule has 8 heteroatoms. The molecule has 1 rings (SSSR count). The number of carbonyl (C=O) groups is 2. The first-order valence-electron chi connectivity index (χ1n) is 6.17. The van der Waals surface area contributed by atoms with Gasteiger partial charge in [-0.1, -0.05) is 0 Å². The third-order valence-corrected chi connectivity index (χ3v) is 2.76. The van der Waals surface area contributed by atoms with Crippen LogP contribution in [0.25, 0.3) is 0 Å². The summed E-state index contributed by atoms with van der Waals surface area (Å²) in [5, 5.41) is 11.0. The van der Waals surface area contributed by atoms with E-state index in [-0.39, 0.29) is 6.54 Å². The topological polar surface area (TPSA) is 78.9 Å². The minimum Gasteiger partial charge on any atom is -0.478 e. The molecule has 0 heterocycles. The van der Waals surface area contributed by atoms with Gasteiger partial charge in [-0.05, 0) is 13.0 Å². The van der Waals surface area contributed by atoms with Crippen LogP contribution in [0.15, 0.2) is 12.1 Å². The normalized spacial score (nSPS) is 10.3. The van der Waals surface area contributed by atoms with E-state index in [4.69, 9.17) is 9.84 Å². The highest BCUT2D eigenvalue weighted by Crippen LogP contribution is 2.20. The molecule has 1 aromatic carbocycles. The lowest BCUT2D eigenvalue weighted by Crippen LogP contribution is -2.37. The van der Waals surface area contributed by atoms with E-state index in [0.29, 0.717) is 19.2 Å². The number of urea groups is 1. The monoisotopic (exact) mass is 302 g/mol. The van der Waals surface area contributed by atoms with Crippen LogP contribution < -0.4 is 5.32 Å². The second-order valence-corrected chi connectivity index (χ2v) is 4.12. The highest BCUT2D eigenvalue weighted by Gasteiger charge is 2.18. The van der Waals surface area contributed by atoms with Crippen LogP contribution in [0.3, 0.4) is 0 Å². The summed E-state index contributed by atoms with van der Waals surface area (Å²) in [5.41, 5.74) is -1.11. The third kappa shape index (κ3) is 4.38. The first-order chi connectivity index (χ1) is 9.90. The van der Waals surface area contributed by atoms with Crippen molar-refractivity contribution in [1.29, 1.82) is 0 Å². The van der Waals surface area contributed by atoms with Gasteiger partial charge in [-0.15, -0.1) is 0 Å². The molecule has 2 amide bonds. The molecular formula is C13H16F2N2O4. The van der Waals surface area contributed by atoms with Crippen molar-refractivity contribution in [3.8, 4) is 0 Å². The van der Waals surface area contributed by atoms with E-state index in [0.717, 1.165) is 6.07 Å². The van der Waals surface area contributed by atoms with Crippen molar-refractivity contribution < 1.29 is 28.2 Å². The van der Waals surface area contributed by atoms with E-state index in [1.165, 1.54) is 12.0 Å². The first kappa shape index (κ1) is 16.8.